The molecule has 0 bridgehead atoms. The molecule has 1 fully saturated rings. The van der Waals surface area contributed by atoms with E-state index < -0.39 is 0 Å². The second-order valence-electron chi connectivity index (χ2n) is 4.92. The van der Waals surface area contributed by atoms with Crippen molar-refractivity contribution in [3.05, 3.63) is 24.3 Å². The summed E-state index contributed by atoms with van der Waals surface area (Å²) in [6.07, 6.45) is 2.61. The quantitative estimate of drug-likeness (QED) is 0.850. The van der Waals surface area contributed by atoms with Crippen LogP contribution in [0.5, 0.6) is 0 Å². The standard InChI is InChI=1S/C14H20N2O/c1-11-4-3-9-16(10-11)14-7-5-13(6-8-14)15-12(2)17/h5-8,11H,3-4,9-10H2,1-2H3,(H,15,17). The van der Waals surface area contributed by atoms with Crippen LogP contribution in [-0.2, 0) is 4.79 Å². The van der Waals surface area contributed by atoms with E-state index in [2.05, 4.69) is 29.3 Å². The highest BCUT2D eigenvalue weighted by Gasteiger charge is 2.16. The molecule has 1 unspecified atom stereocenters. The fraction of sp³-hybridized carbons (Fsp3) is 0.500. The Bertz CT molecular complexity index is 386. The summed E-state index contributed by atoms with van der Waals surface area (Å²) in [4.78, 5) is 13.3. The third kappa shape index (κ3) is 3.22. The first-order valence-electron chi connectivity index (χ1n) is 6.28. The number of carbonyl (C=O) groups excluding carboxylic acids is 1. The molecule has 3 nitrogen and oxygen atoms in total. The Morgan fingerprint density at radius 1 is 1.35 bits per heavy atom. The van der Waals surface area contributed by atoms with Crippen molar-refractivity contribution >= 4 is 17.3 Å². The number of nitrogens with zero attached hydrogens (tertiary/aromatic N) is 1. The van der Waals surface area contributed by atoms with Gasteiger partial charge in [0.25, 0.3) is 0 Å². The maximum atomic E-state index is 10.9. The summed E-state index contributed by atoms with van der Waals surface area (Å²) in [6, 6.07) is 8.11. The van der Waals surface area contributed by atoms with Gasteiger partial charge in [0.15, 0.2) is 0 Å². The smallest absolute Gasteiger partial charge is 0.221 e. The molecule has 0 radical (unpaired) electrons. The first-order valence-corrected chi connectivity index (χ1v) is 6.28. The first-order chi connectivity index (χ1) is 8.15. The Hall–Kier alpha value is -1.51. The van der Waals surface area contributed by atoms with Crippen LogP contribution >= 0.6 is 0 Å². The van der Waals surface area contributed by atoms with Gasteiger partial charge < -0.3 is 10.2 Å². The van der Waals surface area contributed by atoms with Gasteiger partial charge in [-0.15, -0.1) is 0 Å². The molecule has 1 aromatic carbocycles. The Morgan fingerprint density at radius 2 is 2.06 bits per heavy atom. The highest BCUT2D eigenvalue weighted by molar-refractivity contribution is 5.88. The molecule has 1 aromatic rings. The van der Waals surface area contributed by atoms with Crippen molar-refractivity contribution in [3.63, 3.8) is 0 Å². The second-order valence-corrected chi connectivity index (χ2v) is 4.92. The van der Waals surface area contributed by atoms with Gasteiger partial charge in [0, 0.05) is 31.4 Å². The van der Waals surface area contributed by atoms with Crippen molar-refractivity contribution in [3.8, 4) is 0 Å². The number of amides is 1. The van der Waals surface area contributed by atoms with Crippen LogP contribution in [0.2, 0.25) is 0 Å². The van der Waals surface area contributed by atoms with E-state index in [-0.39, 0.29) is 5.91 Å². The van der Waals surface area contributed by atoms with E-state index in [0.29, 0.717) is 0 Å². The van der Waals surface area contributed by atoms with Gasteiger partial charge in [-0.05, 0) is 43.0 Å². The van der Waals surface area contributed by atoms with E-state index >= 15 is 0 Å². The summed E-state index contributed by atoms with van der Waals surface area (Å²) in [5.41, 5.74) is 2.12. The van der Waals surface area contributed by atoms with Gasteiger partial charge in [-0.25, -0.2) is 0 Å². The zero-order valence-electron chi connectivity index (χ0n) is 10.6. The Kier molecular flexibility index (Phi) is 3.67. The van der Waals surface area contributed by atoms with Crippen molar-refractivity contribution in [1.82, 2.24) is 0 Å². The van der Waals surface area contributed by atoms with E-state index in [1.165, 1.54) is 25.5 Å². The van der Waals surface area contributed by atoms with E-state index in [1.54, 1.807) is 0 Å². The minimum Gasteiger partial charge on any atom is -0.371 e. The summed E-state index contributed by atoms with van der Waals surface area (Å²) >= 11 is 0. The molecule has 92 valence electrons. The lowest BCUT2D eigenvalue weighted by molar-refractivity contribution is -0.114. The van der Waals surface area contributed by atoms with Crippen LogP contribution in [0, 0.1) is 5.92 Å². The minimum absolute atomic E-state index is 0.0238. The van der Waals surface area contributed by atoms with E-state index in [1.807, 2.05) is 12.1 Å². The summed E-state index contributed by atoms with van der Waals surface area (Å²) in [5, 5.41) is 2.79. The molecule has 0 aromatic heterocycles. The van der Waals surface area contributed by atoms with Gasteiger partial charge in [-0.2, -0.15) is 0 Å². The third-order valence-corrected chi connectivity index (χ3v) is 3.21. The molecule has 0 aliphatic carbocycles. The van der Waals surface area contributed by atoms with Crippen LogP contribution in [-0.4, -0.2) is 19.0 Å². The first kappa shape index (κ1) is 12.0. The van der Waals surface area contributed by atoms with E-state index in [9.17, 15) is 4.79 Å². The zero-order valence-corrected chi connectivity index (χ0v) is 10.6. The molecule has 0 spiro atoms. The lowest BCUT2D eigenvalue weighted by Crippen LogP contribution is -2.34. The number of hydrogen-bond donors (Lipinski definition) is 1. The van der Waals surface area contributed by atoms with Gasteiger partial charge in [0.1, 0.15) is 0 Å². The summed E-state index contributed by atoms with van der Waals surface area (Å²) in [5.74, 6) is 0.753. The van der Waals surface area contributed by atoms with Crippen LogP contribution in [0.3, 0.4) is 0 Å². The number of piperidine rings is 1. The molecule has 3 heteroatoms. The highest BCUT2D eigenvalue weighted by Crippen LogP contribution is 2.24. The van der Waals surface area contributed by atoms with Crippen molar-refractivity contribution < 1.29 is 4.79 Å². The van der Waals surface area contributed by atoms with Gasteiger partial charge in [-0.1, -0.05) is 6.92 Å². The topological polar surface area (TPSA) is 32.3 Å². The van der Waals surface area contributed by atoms with Crippen molar-refractivity contribution in [2.75, 3.05) is 23.3 Å². The molecule has 17 heavy (non-hydrogen) atoms. The lowest BCUT2D eigenvalue weighted by Gasteiger charge is -2.32. The fourth-order valence-corrected chi connectivity index (χ4v) is 2.38. The molecule has 1 atom stereocenters. The monoisotopic (exact) mass is 232 g/mol. The Morgan fingerprint density at radius 3 is 2.65 bits per heavy atom. The molecule has 2 rings (SSSR count). The summed E-state index contributed by atoms with van der Waals surface area (Å²) in [6.45, 7) is 6.11. The largest absolute Gasteiger partial charge is 0.371 e. The Balaban J connectivity index is 2.04. The fourth-order valence-electron chi connectivity index (χ4n) is 2.38. The lowest BCUT2D eigenvalue weighted by atomic mass is 10.00. The van der Waals surface area contributed by atoms with E-state index in [0.717, 1.165) is 24.7 Å². The maximum Gasteiger partial charge on any atom is 0.221 e. The van der Waals surface area contributed by atoms with E-state index in [4.69, 9.17) is 0 Å². The van der Waals surface area contributed by atoms with Crippen LogP contribution < -0.4 is 10.2 Å². The normalized spacial score (nSPS) is 20.1. The maximum absolute atomic E-state index is 10.9. The van der Waals surface area contributed by atoms with Crippen LogP contribution in [0.15, 0.2) is 24.3 Å². The number of rotatable bonds is 2. The molecule has 1 amide bonds. The van der Waals surface area contributed by atoms with Gasteiger partial charge in [-0.3, -0.25) is 4.79 Å². The Labute approximate surface area is 103 Å². The SMILES string of the molecule is CC(=O)Nc1ccc(N2CCCC(C)C2)cc1. The van der Waals surface area contributed by atoms with Crippen molar-refractivity contribution in [1.29, 1.82) is 0 Å². The molecule has 1 heterocycles. The molecule has 1 saturated heterocycles. The highest BCUT2D eigenvalue weighted by atomic mass is 16.1. The molecule has 1 N–H and O–H groups in total. The second kappa shape index (κ2) is 5.21. The molecule has 1 aliphatic heterocycles. The number of benzene rings is 1. The molecule has 1 aliphatic rings. The third-order valence-electron chi connectivity index (χ3n) is 3.21. The molecular formula is C14H20N2O. The zero-order chi connectivity index (χ0) is 12.3. The average Bonchev–Trinajstić information content (AvgIpc) is 2.29. The summed E-state index contributed by atoms with van der Waals surface area (Å²) < 4.78 is 0. The van der Waals surface area contributed by atoms with Gasteiger partial charge in [0.05, 0.1) is 0 Å². The number of anilines is 2. The van der Waals surface area contributed by atoms with Crippen LogP contribution in [0.1, 0.15) is 26.7 Å². The van der Waals surface area contributed by atoms with Crippen molar-refractivity contribution in [2.45, 2.75) is 26.7 Å². The molecule has 0 saturated carbocycles. The predicted molar refractivity (Wildman–Crippen MR) is 71.4 cm³/mol. The number of hydrogen-bond acceptors (Lipinski definition) is 2. The summed E-state index contributed by atoms with van der Waals surface area (Å²) in [7, 11) is 0. The van der Waals surface area contributed by atoms with Gasteiger partial charge >= 0.3 is 0 Å². The number of nitrogens with one attached hydrogen (secondary N) is 1. The minimum atomic E-state index is -0.0238. The predicted octanol–water partition coefficient (Wildman–Crippen LogP) is 2.88. The number of carbonyl (C=O) groups is 1. The average molecular weight is 232 g/mol. The molecular weight excluding hydrogens is 212 g/mol. The van der Waals surface area contributed by atoms with Gasteiger partial charge in [0.2, 0.25) is 5.91 Å². The van der Waals surface area contributed by atoms with Crippen LogP contribution in [0.25, 0.3) is 0 Å². The van der Waals surface area contributed by atoms with Crippen LogP contribution in [0.4, 0.5) is 11.4 Å². The van der Waals surface area contributed by atoms with Crippen molar-refractivity contribution in [2.24, 2.45) is 5.92 Å².